The van der Waals surface area contributed by atoms with E-state index in [1.165, 1.54) is 6.08 Å². The molecule has 0 aliphatic rings. The Morgan fingerprint density at radius 3 is 2.54 bits per heavy atom. The van der Waals surface area contributed by atoms with Crippen molar-refractivity contribution in [2.24, 2.45) is 0 Å². The van der Waals surface area contributed by atoms with Crippen molar-refractivity contribution < 1.29 is 14.3 Å². The van der Waals surface area contributed by atoms with Crippen molar-refractivity contribution in [1.82, 2.24) is 15.6 Å². The number of fused-ring (bicyclic) bond motifs is 1. The Bertz CT molecular complexity index is 1560. The Kier molecular flexibility index (Phi) is 9.36. The molecule has 0 spiro atoms. The lowest BCUT2D eigenvalue weighted by Gasteiger charge is -2.13. The molecular weight excluding hydrogens is 533 g/mol. The van der Waals surface area contributed by atoms with Gasteiger partial charge in [0, 0.05) is 46.9 Å². The summed E-state index contributed by atoms with van der Waals surface area (Å²) in [5.41, 5.74) is 4.48. The molecule has 6 nitrogen and oxygen atoms in total. The van der Waals surface area contributed by atoms with Crippen molar-refractivity contribution in [1.29, 1.82) is 0 Å². The van der Waals surface area contributed by atoms with Crippen LogP contribution in [0.15, 0.2) is 78.9 Å². The number of aryl methyl sites for hydroxylation is 1. The maximum Gasteiger partial charge on any atom is 0.251 e. The van der Waals surface area contributed by atoms with Crippen LogP contribution in [-0.2, 0) is 11.4 Å². The number of pyridine rings is 1. The minimum Gasteiger partial charge on any atom is -0.487 e. The number of rotatable bonds is 9. The number of para-hydroxylation sites is 1. The summed E-state index contributed by atoms with van der Waals surface area (Å²) in [4.78, 5) is 28.4. The average molecular weight is 560 g/mol. The Hall–Kier alpha value is -4.13. The molecule has 0 aliphatic heterocycles. The minimum absolute atomic E-state index is 0.160. The number of nitrogens with one attached hydrogen (secondary N) is 2. The van der Waals surface area contributed by atoms with Gasteiger partial charge in [-0.3, -0.25) is 9.59 Å². The molecule has 0 aliphatic carbocycles. The fraction of sp³-hybridized carbons (Fsp3) is 0.129. The second kappa shape index (κ2) is 13.1. The first-order valence-electron chi connectivity index (χ1n) is 12.3. The van der Waals surface area contributed by atoms with Crippen molar-refractivity contribution in [3.05, 3.63) is 117 Å². The van der Waals surface area contributed by atoms with E-state index < -0.39 is 0 Å². The lowest BCUT2D eigenvalue weighted by Crippen LogP contribution is -2.20. The van der Waals surface area contributed by atoms with Crippen LogP contribution in [-0.4, -0.2) is 30.4 Å². The van der Waals surface area contributed by atoms with Gasteiger partial charge in [0.25, 0.3) is 5.91 Å². The maximum atomic E-state index is 12.2. The minimum atomic E-state index is -0.245. The smallest absolute Gasteiger partial charge is 0.251 e. The number of carbonyl (C=O) groups excluding carboxylic acids is 2. The molecule has 3 aromatic carbocycles. The van der Waals surface area contributed by atoms with Crippen LogP contribution >= 0.6 is 23.2 Å². The Morgan fingerprint density at radius 2 is 1.77 bits per heavy atom. The monoisotopic (exact) mass is 559 g/mol. The van der Waals surface area contributed by atoms with Crippen LogP contribution < -0.4 is 15.4 Å². The number of benzene rings is 3. The van der Waals surface area contributed by atoms with Crippen LogP contribution in [0.3, 0.4) is 0 Å². The highest BCUT2D eigenvalue weighted by molar-refractivity contribution is 6.36. The third-order valence-electron chi connectivity index (χ3n) is 5.93. The van der Waals surface area contributed by atoms with Crippen molar-refractivity contribution in [3.8, 4) is 5.75 Å². The largest absolute Gasteiger partial charge is 0.487 e. The first-order chi connectivity index (χ1) is 18.9. The average Bonchev–Trinajstić information content (AvgIpc) is 2.95. The molecule has 2 N–H and O–H groups in total. The number of hydrogen-bond donors (Lipinski definition) is 2. The van der Waals surface area contributed by atoms with Gasteiger partial charge in [-0.1, -0.05) is 71.8 Å². The SMILES string of the molecule is CNC(=O)c1ccc(/C=C\C(=O)NCC=Cc2ccc(Cl)c(COc3cccc4ccc(C)nc34)c2Cl)cc1. The van der Waals surface area contributed by atoms with E-state index in [4.69, 9.17) is 27.9 Å². The Labute approximate surface area is 237 Å². The van der Waals surface area contributed by atoms with Crippen LogP contribution in [0.4, 0.5) is 0 Å². The van der Waals surface area contributed by atoms with Gasteiger partial charge in [0.05, 0.1) is 5.02 Å². The molecule has 4 rings (SSSR count). The van der Waals surface area contributed by atoms with Gasteiger partial charge in [0.1, 0.15) is 17.9 Å². The summed E-state index contributed by atoms with van der Waals surface area (Å²) < 4.78 is 6.08. The van der Waals surface area contributed by atoms with Gasteiger partial charge in [-0.15, -0.1) is 0 Å². The molecule has 0 atom stereocenters. The molecule has 1 aromatic heterocycles. The predicted molar refractivity (Wildman–Crippen MR) is 158 cm³/mol. The first kappa shape index (κ1) is 27.9. The molecule has 198 valence electrons. The highest BCUT2D eigenvalue weighted by atomic mass is 35.5. The number of halogens is 2. The first-order valence-corrected chi connectivity index (χ1v) is 13.0. The summed E-state index contributed by atoms with van der Waals surface area (Å²) in [6, 6.07) is 20.3. The maximum absolute atomic E-state index is 12.2. The molecule has 39 heavy (non-hydrogen) atoms. The van der Waals surface area contributed by atoms with E-state index in [1.54, 1.807) is 49.5 Å². The third-order valence-corrected chi connectivity index (χ3v) is 6.73. The number of carbonyl (C=O) groups is 2. The molecule has 1 heterocycles. The van der Waals surface area contributed by atoms with E-state index in [9.17, 15) is 9.59 Å². The van der Waals surface area contributed by atoms with Crippen molar-refractivity contribution in [2.45, 2.75) is 13.5 Å². The molecule has 0 radical (unpaired) electrons. The van der Waals surface area contributed by atoms with Gasteiger partial charge < -0.3 is 15.4 Å². The summed E-state index contributed by atoms with van der Waals surface area (Å²) in [5, 5.41) is 7.34. The molecule has 0 saturated heterocycles. The number of nitrogens with zero attached hydrogens (tertiary/aromatic N) is 1. The topological polar surface area (TPSA) is 80.3 Å². The van der Waals surface area contributed by atoms with Crippen molar-refractivity contribution in [3.63, 3.8) is 0 Å². The molecule has 2 amide bonds. The van der Waals surface area contributed by atoms with Crippen LogP contribution in [0.25, 0.3) is 23.1 Å². The fourth-order valence-corrected chi connectivity index (χ4v) is 4.37. The van der Waals surface area contributed by atoms with Gasteiger partial charge in [-0.05, 0) is 54.5 Å². The third kappa shape index (κ3) is 7.25. The van der Waals surface area contributed by atoms with Gasteiger partial charge >= 0.3 is 0 Å². The fourth-order valence-electron chi connectivity index (χ4n) is 3.83. The van der Waals surface area contributed by atoms with E-state index in [0.29, 0.717) is 33.5 Å². The van der Waals surface area contributed by atoms with Gasteiger partial charge in [-0.25, -0.2) is 4.98 Å². The zero-order valence-electron chi connectivity index (χ0n) is 21.5. The summed E-state index contributed by atoms with van der Waals surface area (Å²) in [5.74, 6) is 0.250. The Morgan fingerprint density at radius 1 is 0.974 bits per heavy atom. The van der Waals surface area contributed by atoms with Gasteiger partial charge in [0.15, 0.2) is 0 Å². The number of hydrogen-bond acceptors (Lipinski definition) is 4. The van der Waals surface area contributed by atoms with Crippen LogP contribution in [0.5, 0.6) is 5.75 Å². The molecule has 0 fully saturated rings. The van der Waals surface area contributed by atoms with Crippen LogP contribution in [0.1, 0.15) is 32.7 Å². The normalized spacial score (nSPS) is 11.3. The molecule has 4 aromatic rings. The van der Waals surface area contributed by atoms with Gasteiger partial charge in [-0.2, -0.15) is 0 Å². The predicted octanol–water partition coefficient (Wildman–Crippen LogP) is 6.63. The molecular formula is C31H27Cl2N3O3. The highest BCUT2D eigenvalue weighted by Crippen LogP contribution is 2.31. The summed E-state index contributed by atoms with van der Waals surface area (Å²) in [6.45, 7) is 2.43. The summed E-state index contributed by atoms with van der Waals surface area (Å²) >= 11 is 13.1. The van der Waals surface area contributed by atoms with E-state index in [2.05, 4.69) is 15.6 Å². The summed E-state index contributed by atoms with van der Waals surface area (Å²) in [7, 11) is 1.58. The lowest BCUT2D eigenvalue weighted by molar-refractivity contribution is -0.116. The number of ether oxygens (including phenoxy) is 1. The molecule has 8 heteroatoms. The molecule has 0 unspecified atom stereocenters. The van der Waals surface area contributed by atoms with Crippen LogP contribution in [0.2, 0.25) is 10.0 Å². The second-order valence-electron chi connectivity index (χ2n) is 8.68. The van der Waals surface area contributed by atoms with E-state index >= 15 is 0 Å². The molecule has 0 bridgehead atoms. The molecule has 0 saturated carbocycles. The van der Waals surface area contributed by atoms with E-state index in [1.807, 2.05) is 49.4 Å². The quantitative estimate of drug-likeness (QED) is 0.225. The zero-order chi connectivity index (χ0) is 27.8. The number of amides is 2. The summed E-state index contributed by atoms with van der Waals surface area (Å²) in [6.07, 6.45) is 6.76. The zero-order valence-corrected chi connectivity index (χ0v) is 23.0. The number of aromatic nitrogens is 1. The van der Waals surface area contributed by atoms with Crippen molar-refractivity contribution in [2.75, 3.05) is 13.6 Å². The van der Waals surface area contributed by atoms with Crippen molar-refractivity contribution >= 4 is 58.1 Å². The van der Waals surface area contributed by atoms with Gasteiger partial charge in [0.2, 0.25) is 5.91 Å². The van der Waals surface area contributed by atoms with E-state index in [0.717, 1.165) is 27.7 Å². The van der Waals surface area contributed by atoms with Crippen LogP contribution in [0, 0.1) is 6.92 Å². The Balaban J connectivity index is 1.35. The standard InChI is InChI=1S/C31H27Cl2N3O3/c1-20-8-12-23-5-3-7-27(30(23)36-20)39-19-25-26(32)16-15-22(29(25)33)6-4-18-35-28(37)17-11-21-9-13-24(14-10-21)31(38)34-2/h3-17H,18-19H2,1-2H3,(H,34,38)(H,35,37)/b6-4?,17-11-. The second-order valence-corrected chi connectivity index (χ2v) is 9.47. The lowest BCUT2D eigenvalue weighted by atomic mass is 10.1. The van der Waals surface area contributed by atoms with E-state index in [-0.39, 0.29) is 18.4 Å². The highest BCUT2D eigenvalue weighted by Gasteiger charge is 2.12.